The molecule has 1 rings (SSSR count). The molecule has 0 unspecified atom stereocenters. The van der Waals surface area contributed by atoms with Crippen LogP contribution in [0.1, 0.15) is 5.56 Å². The van der Waals surface area contributed by atoms with Crippen molar-refractivity contribution >= 4 is 23.3 Å². The Hall–Kier alpha value is -1.84. The highest BCUT2D eigenvalue weighted by atomic mass is 35.5. The lowest BCUT2D eigenvalue weighted by Gasteiger charge is -2.03. The molecular weight excluding hydrogens is 232 g/mol. The van der Waals surface area contributed by atoms with Crippen molar-refractivity contribution in [3.8, 4) is 5.75 Å². The van der Waals surface area contributed by atoms with Crippen LogP contribution in [-0.2, 0) is 16.0 Å². The van der Waals surface area contributed by atoms with Crippen LogP contribution in [0.15, 0.2) is 18.2 Å². The summed E-state index contributed by atoms with van der Waals surface area (Å²) in [4.78, 5) is 13.9. The van der Waals surface area contributed by atoms with E-state index in [0.717, 1.165) is 0 Å². The van der Waals surface area contributed by atoms with Crippen molar-refractivity contribution in [2.75, 3.05) is 7.11 Å². The zero-order valence-electron chi connectivity index (χ0n) is 8.48. The average Bonchev–Trinajstić information content (AvgIpc) is 2.28. The fraction of sp³-hybridized carbons (Fsp3) is 0.200. The molecular formula is C10H9ClN2O3. The van der Waals surface area contributed by atoms with Crippen molar-refractivity contribution in [2.45, 2.75) is 6.42 Å². The molecule has 0 saturated carbocycles. The summed E-state index contributed by atoms with van der Waals surface area (Å²) in [5.41, 5.74) is 8.71. The molecule has 1 N–H and O–H groups in total. The number of halogens is 1. The molecule has 5 nitrogen and oxygen atoms in total. The van der Waals surface area contributed by atoms with Gasteiger partial charge in [0.15, 0.2) is 0 Å². The maximum atomic E-state index is 11.1. The van der Waals surface area contributed by atoms with Crippen molar-refractivity contribution in [2.24, 2.45) is 0 Å². The van der Waals surface area contributed by atoms with Gasteiger partial charge < -0.3 is 15.4 Å². The number of carbonyl (C=O) groups is 1. The van der Waals surface area contributed by atoms with Crippen LogP contribution in [0.25, 0.3) is 5.53 Å². The molecule has 0 spiro atoms. The second kappa shape index (κ2) is 5.30. The minimum atomic E-state index is -0.776. The zero-order valence-corrected chi connectivity index (χ0v) is 9.23. The lowest BCUT2D eigenvalue weighted by molar-refractivity contribution is -0.137. The van der Waals surface area contributed by atoms with Crippen LogP contribution in [-0.4, -0.2) is 28.7 Å². The largest absolute Gasteiger partial charge is 0.508 e. The number of nitrogens with zero attached hydrogens (tertiary/aromatic N) is 2. The van der Waals surface area contributed by atoms with E-state index in [1.165, 1.54) is 13.2 Å². The number of aromatic hydroxyl groups is 1. The highest BCUT2D eigenvalue weighted by Gasteiger charge is 2.24. The molecule has 0 aliphatic rings. The van der Waals surface area contributed by atoms with Gasteiger partial charge in [0.25, 0.3) is 0 Å². The number of carbonyl (C=O) groups excluding carboxylic acids is 1. The summed E-state index contributed by atoms with van der Waals surface area (Å²) in [6.45, 7) is 0. The monoisotopic (exact) mass is 240 g/mol. The van der Waals surface area contributed by atoms with E-state index in [9.17, 15) is 9.90 Å². The Morgan fingerprint density at radius 2 is 2.31 bits per heavy atom. The Bertz CT molecular complexity index is 447. The highest BCUT2D eigenvalue weighted by molar-refractivity contribution is 6.36. The normalized spacial score (nSPS) is 9.38. The van der Waals surface area contributed by atoms with Crippen LogP contribution in [0.4, 0.5) is 0 Å². The zero-order chi connectivity index (χ0) is 12.1. The lowest BCUT2D eigenvalue weighted by Crippen LogP contribution is -2.19. The van der Waals surface area contributed by atoms with Gasteiger partial charge in [-0.3, -0.25) is 0 Å². The quantitative estimate of drug-likeness (QED) is 0.375. The van der Waals surface area contributed by atoms with Gasteiger partial charge >= 0.3 is 11.7 Å². The summed E-state index contributed by atoms with van der Waals surface area (Å²) in [5, 5.41) is 9.80. The van der Waals surface area contributed by atoms with Crippen molar-refractivity contribution in [1.82, 2.24) is 0 Å². The molecule has 0 aliphatic carbocycles. The first-order valence-electron chi connectivity index (χ1n) is 4.35. The number of phenolic OH excluding ortho intramolecular Hbond substituents is 1. The predicted molar refractivity (Wildman–Crippen MR) is 57.5 cm³/mol. The second-order valence-electron chi connectivity index (χ2n) is 2.95. The molecule has 16 heavy (non-hydrogen) atoms. The number of benzene rings is 1. The van der Waals surface area contributed by atoms with E-state index in [2.05, 4.69) is 9.53 Å². The molecule has 0 heterocycles. The third-order valence-corrected chi connectivity index (χ3v) is 2.33. The maximum Gasteiger partial charge on any atom is 0.416 e. The van der Waals surface area contributed by atoms with Crippen molar-refractivity contribution in [3.05, 3.63) is 34.3 Å². The number of methoxy groups -OCH3 is 1. The number of hydrogen-bond acceptors (Lipinski definition) is 3. The lowest BCUT2D eigenvalue weighted by atomic mass is 10.1. The first-order chi connectivity index (χ1) is 7.60. The Morgan fingerprint density at radius 3 is 2.81 bits per heavy atom. The molecule has 0 fully saturated rings. The summed E-state index contributed by atoms with van der Waals surface area (Å²) < 4.78 is 4.40. The summed E-state index contributed by atoms with van der Waals surface area (Å²) in [6.07, 6.45) is -0.103. The number of hydrogen-bond donors (Lipinski definition) is 1. The molecule has 0 saturated heterocycles. The summed E-state index contributed by atoms with van der Waals surface area (Å²) in [6, 6.07) is 4.55. The van der Waals surface area contributed by atoms with E-state index in [4.69, 9.17) is 17.1 Å². The van der Waals surface area contributed by atoms with E-state index in [0.29, 0.717) is 5.56 Å². The summed E-state index contributed by atoms with van der Waals surface area (Å²) >= 11 is 5.83. The molecule has 0 radical (unpaired) electrons. The van der Waals surface area contributed by atoms with E-state index < -0.39 is 5.97 Å². The Kier molecular flexibility index (Phi) is 4.05. The minimum Gasteiger partial charge on any atom is -0.508 e. The van der Waals surface area contributed by atoms with E-state index in [1.807, 2.05) is 0 Å². The van der Waals surface area contributed by atoms with Gasteiger partial charge in [-0.15, -0.1) is 0 Å². The number of phenols is 1. The Labute approximate surface area is 96.8 Å². The van der Waals surface area contributed by atoms with E-state index in [-0.39, 0.29) is 22.9 Å². The molecule has 84 valence electrons. The van der Waals surface area contributed by atoms with Crippen molar-refractivity contribution in [1.29, 1.82) is 0 Å². The van der Waals surface area contributed by atoms with Gasteiger partial charge in [-0.25, -0.2) is 4.79 Å². The predicted octanol–water partition coefficient (Wildman–Crippen LogP) is 1.43. The molecule has 0 aromatic heterocycles. The van der Waals surface area contributed by atoms with Gasteiger partial charge in [-0.05, 0) is 12.1 Å². The van der Waals surface area contributed by atoms with Gasteiger partial charge in [-0.1, -0.05) is 17.7 Å². The van der Waals surface area contributed by atoms with Crippen LogP contribution in [0, 0.1) is 0 Å². The van der Waals surface area contributed by atoms with Crippen LogP contribution >= 0.6 is 11.6 Å². The molecule has 0 aliphatic heterocycles. The third kappa shape index (κ3) is 2.59. The fourth-order valence-electron chi connectivity index (χ4n) is 1.16. The third-order valence-electron chi connectivity index (χ3n) is 1.98. The Morgan fingerprint density at radius 1 is 1.62 bits per heavy atom. The molecule has 0 atom stereocenters. The van der Waals surface area contributed by atoms with Crippen LogP contribution in [0.5, 0.6) is 5.75 Å². The van der Waals surface area contributed by atoms with E-state index in [1.54, 1.807) is 12.1 Å². The SMILES string of the molecule is COC(=O)C(Cc1c(O)cccc1Cl)=[N+]=[N-]. The smallest absolute Gasteiger partial charge is 0.416 e. The fourth-order valence-corrected chi connectivity index (χ4v) is 1.39. The van der Waals surface area contributed by atoms with Crippen molar-refractivity contribution in [3.63, 3.8) is 0 Å². The standard InChI is InChI=1S/C10H9ClN2O3/c1-16-10(15)8(13-12)5-6-7(11)3-2-4-9(6)14/h2-4,14H,5H2,1H3. The summed E-state index contributed by atoms with van der Waals surface area (Å²) in [7, 11) is 1.17. The number of esters is 1. The van der Waals surface area contributed by atoms with Crippen LogP contribution in [0.3, 0.4) is 0 Å². The molecule has 0 amide bonds. The molecule has 6 heteroatoms. The summed E-state index contributed by atoms with van der Waals surface area (Å²) in [5.74, 6) is -0.848. The van der Waals surface area contributed by atoms with Gasteiger partial charge in [0.05, 0.1) is 13.5 Å². The minimum absolute atomic E-state index is 0.0717. The first-order valence-corrected chi connectivity index (χ1v) is 4.73. The van der Waals surface area contributed by atoms with Gasteiger partial charge in [0.1, 0.15) is 5.75 Å². The molecule has 0 bridgehead atoms. The van der Waals surface area contributed by atoms with Gasteiger partial charge in [0.2, 0.25) is 0 Å². The molecule has 1 aromatic carbocycles. The van der Waals surface area contributed by atoms with Crippen LogP contribution in [0.2, 0.25) is 5.02 Å². The maximum absolute atomic E-state index is 11.1. The number of rotatable bonds is 3. The Balaban J connectivity index is 3.05. The van der Waals surface area contributed by atoms with Crippen LogP contribution < -0.4 is 0 Å². The topological polar surface area (TPSA) is 82.9 Å². The van der Waals surface area contributed by atoms with Gasteiger partial charge in [-0.2, -0.15) is 4.79 Å². The highest BCUT2D eigenvalue weighted by Crippen LogP contribution is 2.25. The van der Waals surface area contributed by atoms with Gasteiger partial charge in [0, 0.05) is 10.6 Å². The number of ether oxygens (including phenoxy) is 1. The van der Waals surface area contributed by atoms with Crippen molar-refractivity contribution < 1.29 is 19.4 Å². The average molecular weight is 241 g/mol. The molecule has 1 aromatic rings. The van der Waals surface area contributed by atoms with E-state index >= 15 is 0 Å². The second-order valence-corrected chi connectivity index (χ2v) is 3.36. The first kappa shape index (κ1) is 12.2.